The van der Waals surface area contributed by atoms with Crippen LogP contribution in [0.3, 0.4) is 0 Å². The van der Waals surface area contributed by atoms with Gasteiger partial charge < -0.3 is 33.6 Å². The van der Waals surface area contributed by atoms with Gasteiger partial charge in [0.2, 0.25) is 0 Å². The maximum absolute atomic E-state index is 15.8. The molecule has 0 radical (unpaired) electrons. The van der Waals surface area contributed by atoms with Crippen molar-refractivity contribution < 1.29 is 52.8 Å². The van der Waals surface area contributed by atoms with E-state index in [-0.39, 0.29) is 36.5 Å². The predicted octanol–water partition coefficient (Wildman–Crippen LogP) is 5.07. The standard InChI is InChI=1S/C39H54O11Si/c1-9-51(10-2,11-3)50-27-19-28-38(21-46-28,49-35(44)25-17-18-25)31-33(48-34(43)24-15-13-12-14-16-24)39(45)20-26(41)22(4)29(36(39,6)7)30(47-23(5)40)32(42)37(27,31)8/h12-16,25-28,30-31,33,41,45H,9-11,17-21H2,1-8H3/t26-,27-,28+,30+,31?,33-,37+,38-,39+/m0/s1. The molecule has 1 aliphatic heterocycles. The zero-order valence-electron chi connectivity index (χ0n) is 31.2. The SMILES string of the molecule is CC[Si](CC)(CC)O[C@H]1C[C@H]2OC[C@@]2(OC(=O)C2CC2)C2[C@H](OC(=O)c3ccccc3)[C@]3(O)C[C@H](O)C(C)=C([C@@H](OC(C)=O)C(=O)[C@@]21C)C3(C)C. The highest BCUT2D eigenvalue weighted by Crippen LogP contribution is 2.65. The number of carbonyl (C=O) groups excluding carboxylic acids is 4. The fourth-order valence-electron chi connectivity index (χ4n) is 9.68. The third-order valence-corrected chi connectivity index (χ3v) is 18.0. The van der Waals surface area contributed by atoms with Crippen LogP contribution in [-0.2, 0) is 37.8 Å². The molecular weight excluding hydrogens is 673 g/mol. The molecule has 9 atom stereocenters. The normalized spacial score (nSPS) is 37.2. The van der Waals surface area contributed by atoms with E-state index in [0.717, 1.165) is 18.1 Å². The van der Waals surface area contributed by atoms with Crippen molar-refractivity contribution in [3.05, 3.63) is 47.0 Å². The lowest BCUT2D eigenvalue weighted by Gasteiger charge is -2.68. The average molecular weight is 727 g/mol. The van der Waals surface area contributed by atoms with Gasteiger partial charge in [-0.2, -0.15) is 0 Å². The Morgan fingerprint density at radius 1 is 1.00 bits per heavy atom. The van der Waals surface area contributed by atoms with E-state index in [0.29, 0.717) is 18.4 Å². The number of hydrogen-bond acceptors (Lipinski definition) is 11. The number of ether oxygens (including phenoxy) is 4. The van der Waals surface area contributed by atoms with Gasteiger partial charge in [0.15, 0.2) is 25.8 Å². The maximum Gasteiger partial charge on any atom is 0.338 e. The van der Waals surface area contributed by atoms with E-state index < -0.39 is 90.5 Å². The average Bonchev–Trinajstić information content (AvgIpc) is 3.94. The molecule has 1 aromatic rings. The Morgan fingerprint density at radius 3 is 2.16 bits per heavy atom. The predicted molar refractivity (Wildman–Crippen MR) is 188 cm³/mol. The summed E-state index contributed by atoms with van der Waals surface area (Å²) < 4.78 is 32.5. The lowest BCUT2D eigenvalue weighted by atomic mass is 9.44. The molecule has 6 rings (SSSR count). The van der Waals surface area contributed by atoms with Crippen molar-refractivity contribution in [1.82, 2.24) is 0 Å². The fourth-order valence-corrected chi connectivity index (χ4v) is 12.6. The third kappa shape index (κ3) is 5.75. The van der Waals surface area contributed by atoms with Gasteiger partial charge in [-0.1, -0.05) is 52.8 Å². The first-order valence-corrected chi connectivity index (χ1v) is 21.1. The molecule has 0 spiro atoms. The molecule has 0 aromatic heterocycles. The second-order valence-electron chi connectivity index (χ2n) is 16.2. The van der Waals surface area contributed by atoms with E-state index in [2.05, 4.69) is 20.8 Å². The summed E-state index contributed by atoms with van der Waals surface area (Å²) in [5, 5.41) is 25.0. The zero-order chi connectivity index (χ0) is 37.3. The van der Waals surface area contributed by atoms with E-state index in [1.54, 1.807) is 58.0 Å². The lowest BCUT2D eigenvalue weighted by molar-refractivity contribution is -0.345. The van der Waals surface area contributed by atoms with Crippen molar-refractivity contribution >= 4 is 32.0 Å². The van der Waals surface area contributed by atoms with Crippen LogP contribution in [0.25, 0.3) is 0 Å². The van der Waals surface area contributed by atoms with Gasteiger partial charge in [0.25, 0.3) is 0 Å². The van der Waals surface area contributed by atoms with Gasteiger partial charge in [-0.05, 0) is 68.1 Å². The van der Waals surface area contributed by atoms with Crippen LogP contribution < -0.4 is 0 Å². The first-order valence-electron chi connectivity index (χ1n) is 18.6. The first kappa shape index (κ1) is 37.8. The lowest BCUT2D eigenvalue weighted by Crippen LogP contribution is -2.82. The smallest absolute Gasteiger partial charge is 0.338 e. The van der Waals surface area contributed by atoms with Crippen LogP contribution in [0.4, 0.5) is 0 Å². The Morgan fingerprint density at radius 2 is 1.63 bits per heavy atom. The molecule has 2 N–H and O–H groups in total. The molecule has 0 amide bonds. The molecule has 4 aliphatic carbocycles. The van der Waals surface area contributed by atoms with Crippen LogP contribution in [0.5, 0.6) is 0 Å². The summed E-state index contributed by atoms with van der Waals surface area (Å²) in [7, 11) is -2.48. The van der Waals surface area contributed by atoms with Crippen LogP contribution in [0.15, 0.2) is 41.5 Å². The summed E-state index contributed by atoms with van der Waals surface area (Å²) in [5.74, 6) is -3.95. The number of carbonyl (C=O) groups is 4. The molecule has 51 heavy (non-hydrogen) atoms. The number of Topliss-reactive ketones (excluding diaryl/α,β-unsaturated/α-hetero) is 1. The largest absolute Gasteiger partial charge is 0.455 e. The number of rotatable bonds is 10. The summed E-state index contributed by atoms with van der Waals surface area (Å²) in [4.78, 5) is 56.6. The summed E-state index contributed by atoms with van der Waals surface area (Å²) in [5.41, 5.74) is -5.76. The number of aliphatic hydroxyl groups excluding tert-OH is 1. The van der Waals surface area contributed by atoms with Crippen molar-refractivity contribution in [2.24, 2.45) is 22.7 Å². The fraction of sp³-hybridized carbons (Fsp3) is 0.692. The van der Waals surface area contributed by atoms with Gasteiger partial charge in [-0.3, -0.25) is 14.4 Å². The van der Waals surface area contributed by atoms with Crippen molar-refractivity contribution in [3.63, 3.8) is 0 Å². The van der Waals surface area contributed by atoms with E-state index in [9.17, 15) is 24.6 Å². The molecule has 3 saturated carbocycles. The van der Waals surface area contributed by atoms with E-state index in [1.807, 2.05) is 0 Å². The molecule has 1 unspecified atom stereocenters. The van der Waals surface area contributed by atoms with Crippen LogP contribution >= 0.6 is 0 Å². The molecule has 5 aliphatic rings. The number of fused-ring (bicyclic) bond motifs is 5. The third-order valence-electron chi connectivity index (χ3n) is 13.4. The quantitative estimate of drug-likeness (QED) is 0.144. The Balaban J connectivity index is 1.67. The molecule has 280 valence electrons. The maximum atomic E-state index is 15.8. The number of aliphatic hydroxyl groups is 2. The van der Waals surface area contributed by atoms with Gasteiger partial charge >= 0.3 is 17.9 Å². The molecule has 1 aromatic carbocycles. The van der Waals surface area contributed by atoms with Crippen LogP contribution in [0.1, 0.15) is 91.4 Å². The number of benzene rings is 1. The van der Waals surface area contributed by atoms with Gasteiger partial charge in [0.05, 0.1) is 41.6 Å². The van der Waals surface area contributed by atoms with Crippen LogP contribution in [0.2, 0.25) is 18.1 Å². The second-order valence-corrected chi connectivity index (χ2v) is 20.9. The highest BCUT2D eigenvalue weighted by atomic mass is 28.4. The summed E-state index contributed by atoms with van der Waals surface area (Å²) in [6.07, 6.45) is -4.63. The Hall–Kier alpha value is -2.90. The Kier molecular flexibility index (Phi) is 9.79. The summed E-state index contributed by atoms with van der Waals surface area (Å²) >= 11 is 0. The van der Waals surface area contributed by atoms with Gasteiger partial charge in [0, 0.05) is 25.2 Å². The van der Waals surface area contributed by atoms with Crippen molar-refractivity contribution in [2.45, 2.75) is 141 Å². The Bertz CT molecular complexity index is 1590. The van der Waals surface area contributed by atoms with Crippen LogP contribution in [-0.4, -0.2) is 90.6 Å². The monoisotopic (exact) mass is 726 g/mol. The zero-order valence-corrected chi connectivity index (χ0v) is 32.2. The van der Waals surface area contributed by atoms with Crippen molar-refractivity contribution in [2.75, 3.05) is 6.61 Å². The minimum atomic E-state index is -2.48. The van der Waals surface area contributed by atoms with E-state index in [4.69, 9.17) is 23.4 Å². The topological polar surface area (TPSA) is 155 Å². The molecule has 1 saturated heterocycles. The minimum Gasteiger partial charge on any atom is -0.455 e. The summed E-state index contributed by atoms with van der Waals surface area (Å²) in [6.45, 7) is 14.2. The molecular formula is C39H54O11Si. The van der Waals surface area contributed by atoms with E-state index in [1.165, 1.54) is 6.92 Å². The van der Waals surface area contributed by atoms with E-state index >= 15 is 4.79 Å². The Labute approximate surface area is 301 Å². The van der Waals surface area contributed by atoms with Gasteiger partial charge in [-0.25, -0.2) is 4.79 Å². The number of ketones is 1. The van der Waals surface area contributed by atoms with Gasteiger partial charge in [0.1, 0.15) is 17.8 Å². The molecule has 11 nitrogen and oxygen atoms in total. The highest BCUT2D eigenvalue weighted by Gasteiger charge is 2.79. The molecule has 1 heterocycles. The second kappa shape index (κ2) is 13.2. The summed E-state index contributed by atoms with van der Waals surface area (Å²) in [6, 6.07) is 10.7. The van der Waals surface area contributed by atoms with Crippen molar-refractivity contribution in [3.8, 4) is 0 Å². The van der Waals surface area contributed by atoms with Crippen LogP contribution in [0, 0.1) is 22.7 Å². The number of hydrogen-bond donors (Lipinski definition) is 2. The minimum absolute atomic E-state index is 0.104. The number of esters is 3. The molecule has 12 heteroatoms. The first-order chi connectivity index (χ1) is 24.0. The van der Waals surface area contributed by atoms with Gasteiger partial charge in [-0.15, -0.1) is 0 Å². The van der Waals surface area contributed by atoms with Crippen molar-refractivity contribution in [1.29, 1.82) is 0 Å². The highest BCUT2D eigenvalue weighted by molar-refractivity contribution is 6.73. The molecule has 4 fully saturated rings. The molecule has 2 bridgehead atoms.